The Morgan fingerprint density at radius 1 is 0.191 bits per heavy atom. The molecule has 6 fully saturated rings. The smallest absolute Gasteiger partial charge is 0.367 e. The van der Waals surface area contributed by atoms with Gasteiger partial charge in [-0.25, -0.2) is 0 Å². The molecular formula is C40H64Br8O12Si8. The van der Waals surface area contributed by atoms with Crippen molar-refractivity contribution >= 4 is 198 Å². The summed E-state index contributed by atoms with van der Waals surface area (Å²) in [5, 5.41) is 6.45. The summed E-state index contributed by atoms with van der Waals surface area (Å²) in [4.78, 5) is 0. The van der Waals surface area contributed by atoms with Crippen molar-refractivity contribution in [2.75, 3.05) is 42.6 Å². The molecule has 0 aromatic carbocycles. The molecule has 0 aliphatic carbocycles. The van der Waals surface area contributed by atoms with Gasteiger partial charge in [-0.1, -0.05) is 176 Å². The van der Waals surface area contributed by atoms with Gasteiger partial charge in [-0.05, 0) is 148 Å². The summed E-state index contributed by atoms with van der Waals surface area (Å²) < 4.78 is 92.7. The third-order valence-electron chi connectivity index (χ3n) is 10.0. The molecule has 6 saturated heterocycles. The molecule has 0 N–H and O–H groups in total. The highest BCUT2D eigenvalue weighted by Gasteiger charge is 2.82. The third-order valence-corrected chi connectivity index (χ3v) is 47.0. The minimum absolute atomic E-state index is 0.700. The van der Waals surface area contributed by atoms with Crippen molar-refractivity contribution in [2.45, 2.75) is 103 Å². The fraction of sp³-hybridized carbons (Fsp3) is 0.600. The van der Waals surface area contributed by atoms with Crippen LogP contribution in [-0.2, 0) is 49.4 Å². The molecular weight excluding hydrogens is 1540 g/mol. The van der Waals surface area contributed by atoms with Gasteiger partial charge >= 0.3 is 70.4 Å². The molecule has 0 spiro atoms. The van der Waals surface area contributed by atoms with Crippen molar-refractivity contribution in [1.29, 1.82) is 0 Å². The third kappa shape index (κ3) is 18.6. The second-order valence-corrected chi connectivity index (χ2v) is 44.4. The average Bonchev–Trinajstić information content (AvgIpc) is 3.28. The van der Waals surface area contributed by atoms with Gasteiger partial charge in [0.1, 0.15) is 0 Å². The van der Waals surface area contributed by atoms with Crippen LogP contribution in [0, 0.1) is 0 Å². The summed E-state index contributed by atoms with van der Waals surface area (Å²) in [5.41, 5.74) is 15.4. The molecule has 28 heteroatoms. The molecule has 6 rings (SSSR count). The zero-order valence-electron chi connectivity index (χ0n) is 38.1. The van der Waals surface area contributed by atoms with Crippen molar-refractivity contribution in [3.8, 4) is 0 Å². The highest BCUT2D eigenvalue weighted by molar-refractivity contribution is 9.10. The summed E-state index contributed by atoms with van der Waals surface area (Å²) >= 11 is 29.0. The zero-order valence-corrected chi connectivity index (χ0v) is 58.8. The van der Waals surface area contributed by atoms with Crippen LogP contribution >= 0.6 is 127 Å². The molecule has 384 valence electrons. The van der Waals surface area contributed by atoms with E-state index in [1.54, 1.807) is 0 Å². The number of hydrogen-bond donors (Lipinski definition) is 0. The number of rotatable bonds is 32. The van der Waals surface area contributed by atoms with Gasteiger partial charge in [0.15, 0.2) is 0 Å². The summed E-state index contributed by atoms with van der Waals surface area (Å²) in [5.74, 6) is 0. The quantitative estimate of drug-likeness (QED) is 0.0363. The summed E-state index contributed by atoms with van der Waals surface area (Å²) in [6, 6.07) is 0. The SMILES string of the molecule is BrCCC/C=C/[Si]12O[Si]3(/C=C/CCCBr)O[Si]4(/C=C/CCCBr)O[Si](/C=C/CCCBr)(O1)O[Si]1(/C=C/CCCBr)O[Si](/C=C/CCCBr)(O2)O[Si](/C=C/CCCBr)(O3)O[Si](/C=C/CCCBr)(O4)O1. The topological polar surface area (TPSA) is 111 Å². The lowest BCUT2D eigenvalue weighted by atomic mass is 10.3. The maximum Gasteiger partial charge on any atom is 0.507 e. The highest BCUT2D eigenvalue weighted by Crippen LogP contribution is 2.51. The van der Waals surface area contributed by atoms with Gasteiger partial charge in [-0.15, -0.1) is 0 Å². The minimum Gasteiger partial charge on any atom is -0.367 e. The number of alkyl halides is 8. The van der Waals surface area contributed by atoms with Crippen LogP contribution in [0.4, 0.5) is 0 Å². The van der Waals surface area contributed by atoms with Crippen LogP contribution in [0.3, 0.4) is 0 Å². The predicted molar refractivity (Wildman–Crippen MR) is 316 cm³/mol. The maximum absolute atomic E-state index is 7.72. The molecule has 6 heterocycles. The van der Waals surface area contributed by atoms with E-state index in [-0.39, 0.29) is 0 Å². The van der Waals surface area contributed by atoms with Gasteiger partial charge in [0.05, 0.1) is 0 Å². The highest BCUT2D eigenvalue weighted by atomic mass is 79.9. The van der Waals surface area contributed by atoms with Crippen LogP contribution < -0.4 is 0 Å². The van der Waals surface area contributed by atoms with Gasteiger partial charge in [0.25, 0.3) is 0 Å². The van der Waals surface area contributed by atoms with E-state index < -0.39 is 70.4 Å². The van der Waals surface area contributed by atoms with Crippen LogP contribution in [-0.4, -0.2) is 113 Å². The van der Waals surface area contributed by atoms with E-state index in [1.165, 1.54) is 0 Å². The second-order valence-electron chi connectivity index (χ2n) is 15.9. The Balaban J connectivity index is 1.99. The van der Waals surface area contributed by atoms with E-state index in [0.717, 1.165) is 94.0 Å². The molecule has 0 unspecified atom stereocenters. The second kappa shape index (κ2) is 31.4. The van der Waals surface area contributed by atoms with E-state index in [1.807, 2.05) is 94.2 Å². The molecule has 0 atom stereocenters. The fourth-order valence-electron chi connectivity index (χ4n) is 7.08. The lowest BCUT2D eigenvalue weighted by Crippen LogP contribution is -2.87. The molecule has 0 radical (unpaired) electrons. The lowest BCUT2D eigenvalue weighted by Gasteiger charge is -2.60. The van der Waals surface area contributed by atoms with Gasteiger partial charge in [0, 0.05) is 42.6 Å². The van der Waals surface area contributed by atoms with Crippen molar-refractivity contribution in [1.82, 2.24) is 0 Å². The minimum atomic E-state index is -4.35. The summed E-state index contributed by atoms with van der Waals surface area (Å²) in [7, 11) is -34.8. The average molecular weight is 1600 g/mol. The lowest BCUT2D eigenvalue weighted by molar-refractivity contribution is -0.00613. The molecule has 12 nitrogen and oxygen atoms in total. The van der Waals surface area contributed by atoms with E-state index in [0.29, 0.717) is 51.4 Å². The normalized spacial score (nSPS) is 35.2. The zero-order chi connectivity index (χ0) is 48.8. The number of unbranched alkanes of at least 4 members (excludes halogenated alkanes) is 8. The van der Waals surface area contributed by atoms with Gasteiger partial charge < -0.3 is 49.4 Å². The van der Waals surface area contributed by atoms with Gasteiger partial charge in [-0.3, -0.25) is 0 Å². The summed E-state index contributed by atoms with van der Waals surface area (Å²) in [6.45, 7) is 0. The molecule has 0 aromatic rings. The van der Waals surface area contributed by atoms with E-state index in [4.69, 9.17) is 49.4 Å². The van der Waals surface area contributed by atoms with Crippen molar-refractivity contribution in [2.24, 2.45) is 0 Å². The molecule has 0 saturated carbocycles. The van der Waals surface area contributed by atoms with Crippen LogP contribution in [0.5, 0.6) is 0 Å². The number of allylic oxidation sites excluding steroid dienone is 8. The first kappa shape index (κ1) is 61.9. The molecule has 0 amide bonds. The number of halogens is 8. The molecule has 8 bridgehead atoms. The first-order valence-corrected chi connectivity index (χ1v) is 46.7. The van der Waals surface area contributed by atoms with Crippen LogP contribution in [0.2, 0.25) is 0 Å². The van der Waals surface area contributed by atoms with E-state index in [9.17, 15) is 0 Å². The van der Waals surface area contributed by atoms with Crippen LogP contribution in [0.25, 0.3) is 0 Å². The monoisotopic (exact) mass is 1590 g/mol. The Morgan fingerprint density at radius 3 is 0.382 bits per heavy atom. The molecule has 68 heavy (non-hydrogen) atoms. The van der Waals surface area contributed by atoms with E-state index >= 15 is 0 Å². The van der Waals surface area contributed by atoms with Gasteiger partial charge in [0.2, 0.25) is 0 Å². The Bertz CT molecular complexity index is 1350. The maximum atomic E-state index is 7.72. The molecule has 0 aromatic heterocycles. The molecule has 6 aliphatic rings. The largest absolute Gasteiger partial charge is 0.507 e. The Hall–Kier alpha value is 3.02. The molecule has 6 aliphatic heterocycles. The van der Waals surface area contributed by atoms with E-state index in [2.05, 4.69) is 127 Å². The fourth-order valence-corrected chi connectivity index (χ4v) is 51.9. The Kier molecular flexibility index (Phi) is 28.6. The van der Waals surface area contributed by atoms with Crippen molar-refractivity contribution in [3.05, 3.63) is 94.2 Å². The standard InChI is InChI=1S/C40H64Br8O12Si8/c41-25-9-1-17-33-61-49-62(34-18-2-10-26-42)52-65(37-21-5-13-29-45)54-63(50-61,35-19-3-11-27-43)56-67(39-23-7-15-31-47)57-64(51-61,36-20-4-12-28-44)55-66(53-62,38-22-6-14-30-46)59-68(58-65,60-67)40-24-8-16-32-48/h17-24,33-40H,1-16,25-32H2/b33-17+,34-18+,35-19+,36-20+,37-21+,38-22+,39-23+,40-24+. The van der Waals surface area contributed by atoms with Gasteiger partial charge in [-0.2, -0.15) is 0 Å². The number of hydrogen-bond acceptors (Lipinski definition) is 12. The first-order valence-electron chi connectivity index (χ1n) is 23.3. The Labute approximate surface area is 481 Å². The van der Waals surface area contributed by atoms with Crippen molar-refractivity contribution in [3.63, 3.8) is 0 Å². The summed E-state index contributed by atoms with van der Waals surface area (Å²) in [6.07, 6.45) is 28.8. The van der Waals surface area contributed by atoms with Crippen LogP contribution in [0.1, 0.15) is 103 Å². The van der Waals surface area contributed by atoms with Crippen LogP contribution in [0.15, 0.2) is 94.2 Å². The van der Waals surface area contributed by atoms with Crippen molar-refractivity contribution < 1.29 is 49.4 Å². The first-order chi connectivity index (χ1) is 33.0. The predicted octanol–water partition coefficient (Wildman–Crippen LogP) is 13.9. The Morgan fingerprint density at radius 2 is 0.294 bits per heavy atom.